The number of esters is 1. The average molecular weight is 314 g/mol. The molecule has 0 aliphatic heterocycles. The molecular formula is C16H26O6. The first-order valence-corrected chi connectivity index (χ1v) is 7.37. The van der Waals surface area contributed by atoms with E-state index in [4.69, 9.17) is 19.7 Å². The second-order valence-corrected chi connectivity index (χ2v) is 5.18. The summed E-state index contributed by atoms with van der Waals surface area (Å²) in [5, 5.41) is 17.5. The molecule has 0 saturated carbocycles. The summed E-state index contributed by atoms with van der Waals surface area (Å²) >= 11 is 0. The Morgan fingerprint density at radius 2 is 1.64 bits per heavy atom. The van der Waals surface area contributed by atoms with Crippen molar-refractivity contribution >= 4 is 11.9 Å². The van der Waals surface area contributed by atoms with Crippen LogP contribution in [0, 0.1) is 0 Å². The summed E-state index contributed by atoms with van der Waals surface area (Å²) in [5.74, 6) is -1.49. The maximum atomic E-state index is 11.5. The Hall–Kier alpha value is -1.66. The Balaban J connectivity index is 3.87. The number of hydrogen-bond acceptors (Lipinski definition) is 5. The molecule has 0 bridgehead atoms. The SMILES string of the molecule is CC(O)CCOC(C)CC=CC(=O)OC(C)CC=CC(=O)O. The van der Waals surface area contributed by atoms with Crippen LogP contribution in [0.5, 0.6) is 0 Å². The van der Waals surface area contributed by atoms with Crippen LogP contribution in [0.2, 0.25) is 0 Å². The number of carboxylic acids is 1. The molecule has 3 unspecified atom stereocenters. The number of rotatable bonds is 11. The third-order valence-corrected chi connectivity index (χ3v) is 2.71. The van der Waals surface area contributed by atoms with Crippen LogP contribution < -0.4 is 0 Å². The minimum atomic E-state index is -1.02. The zero-order valence-corrected chi connectivity index (χ0v) is 13.4. The molecule has 0 saturated heterocycles. The largest absolute Gasteiger partial charge is 0.478 e. The molecular weight excluding hydrogens is 288 g/mol. The highest BCUT2D eigenvalue weighted by Gasteiger charge is 2.06. The average Bonchev–Trinajstić information content (AvgIpc) is 2.37. The molecule has 0 aromatic rings. The van der Waals surface area contributed by atoms with Crippen molar-refractivity contribution in [2.75, 3.05) is 6.61 Å². The third-order valence-electron chi connectivity index (χ3n) is 2.71. The van der Waals surface area contributed by atoms with Crippen molar-refractivity contribution in [2.24, 2.45) is 0 Å². The highest BCUT2D eigenvalue weighted by molar-refractivity contribution is 5.82. The van der Waals surface area contributed by atoms with Gasteiger partial charge in [0.1, 0.15) is 6.10 Å². The van der Waals surface area contributed by atoms with Gasteiger partial charge in [0.05, 0.1) is 12.2 Å². The maximum Gasteiger partial charge on any atom is 0.330 e. The first-order chi connectivity index (χ1) is 10.3. The molecule has 0 heterocycles. The Morgan fingerprint density at radius 1 is 1.05 bits per heavy atom. The monoisotopic (exact) mass is 314 g/mol. The van der Waals surface area contributed by atoms with E-state index in [1.54, 1.807) is 19.9 Å². The van der Waals surface area contributed by atoms with Crippen LogP contribution in [0.15, 0.2) is 24.3 Å². The number of carbonyl (C=O) groups is 2. The van der Waals surface area contributed by atoms with Crippen LogP contribution >= 0.6 is 0 Å². The second kappa shape index (κ2) is 11.9. The van der Waals surface area contributed by atoms with Crippen molar-refractivity contribution in [1.29, 1.82) is 0 Å². The second-order valence-electron chi connectivity index (χ2n) is 5.18. The maximum absolute atomic E-state index is 11.5. The summed E-state index contributed by atoms with van der Waals surface area (Å²) in [6, 6.07) is 0. The molecule has 0 aliphatic rings. The topological polar surface area (TPSA) is 93.1 Å². The summed E-state index contributed by atoms with van der Waals surface area (Å²) in [6.45, 7) is 5.76. The molecule has 0 amide bonds. The van der Waals surface area contributed by atoms with Crippen molar-refractivity contribution in [3.63, 3.8) is 0 Å². The molecule has 126 valence electrons. The molecule has 0 rings (SSSR count). The molecule has 6 heteroatoms. The summed E-state index contributed by atoms with van der Waals surface area (Å²) in [5.41, 5.74) is 0. The van der Waals surface area contributed by atoms with Gasteiger partial charge in [-0.3, -0.25) is 0 Å². The molecule has 2 N–H and O–H groups in total. The number of aliphatic carboxylic acids is 1. The van der Waals surface area contributed by atoms with E-state index in [-0.39, 0.29) is 18.3 Å². The van der Waals surface area contributed by atoms with E-state index in [0.717, 1.165) is 6.08 Å². The normalized spacial score (nSPS) is 15.8. The summed E-state index contributed by atoms with van der Waals surface area (Å²) in [6.07, 6.45) is 6.18. The van der Waals surface area contributed by atoms with Crippen molar-refractivity contribution in [3.05, 3.63) is 24.3 Å². The predicted molar refractivity (Wildman–Crippen MR) is 82.4 cm³/mol. The lowest BCUT2D eigenvalue weighted by Crippen LogP contribution is -2.13. The Morgan fingerprint density at radius 3 is 2.23 bits per heavy atom. The van der Waals surface area contributed by atoms with Crippen molar-refractivity contribution in [1.82, 2.24) is 0 Å². The Kier molecular flexibility index (Phi) is 11.0. The van der Waals surface area contributed by atoms with Gasteiger partial charge >= 0.3 is 11.9 Å². The van der Waals surface area contributed by atoms with E-state index in [1.807, 2.05) is 6.92 Å². The Labute approximate surface area is 131 Å². The number of aliphatic hydroxyl groups is 1. The summed E-state index contributed by atoms with van der Waals surface area (Å²) in [4.78, 5) is 21.8. The molecule has 0 aromatic carbocycles. The van der Waals surface area contributed by atoms with Gasteiger partial charge in [-0.15, -0.1) is 0 Å². The van der Waals surface area contributed by atoms with Crippen LogP contribution in [0.4, 0.5) is 0 Å². The van der Waals surface area contributed by atoms with Crippen LogP contribution in [-0.2, 0) is 19.1 Å². The molecule has 0 aliphatic carbocycles. The minimum absolute atomic E-state index is 0.0428. The Bertz CT molecular complexity index is 386. The van der Waals surface area contributed by atoms with Crippen molar-refractivity contribution in [2.45, 2.75) is 58.3 Å². The van der Waals surface area contributed by atoms with Crippen LogP contribution in [0.1, 0.15) is 40.0 Å². The predicted octanol–water partition coefficient (Wildman–Crippen LogP) is 2.07. The number of carboxylic acid groups (broad SMARTS) is 1. The van der Waals surface area contributed by atoms with E-state index in [1.165, 1.54) is 12.2 Å². The van der Waals surface area contributed by atoms with Crippen LogP contribution in [0.3, 0.4) is 0 Å². The lowest BCUT2D eigenvalue weighted by Gasteiger charge is -2.12. The number of carbonyl (C=O) groups excluding carboxylic acids is 1. The first-order valence-electron chi connectivity index (χ1n) is 7.37. The van der Waals surface area contributed by atoms with Gasteiger partial charge < -0.3 is 19.7 Å². The lowest BCUT2D eigenvalue weighted by molar-refractivity contribution is -0.142. The number of ether oxygens (including phenoxy) is 2. The van der Waals surface area contributed by atoms with Crippen LogP contribution in [-0.4, -0.2) is 47.1 Å². The molecule has 6 nitrogen and oxygen atoms in total. The van der Waals surface area contributed by atoms with Gasteiger partial charge in [0, 0.05) is 25.2 Å². The fourth-order valence-corrected chi connectivity index (χ4v) is 1.51. The molecule has 3 atom stereocenters. The molecule has 0 radical (unpaired) electrons. The van der Waals surface area contributed by atoms with Gasteiger partial charge in [-0.05, 0) is 33.6 Å². The van der Waals surface area contributed by atoms with Crippen molar-refractivity contribution in [3.8, 4) is 0 Å². The zero-order valence-electron chi connectivity index (χ0n) is 13.4. The van der Waals surface area contributed by atoms with E-state index >= 15 is 0 Å². The first kappa shape index (κ1) is 20.3. The van der Waals surface area contributed by atoms with Gasteiger partial charge in [-0.1, -0.05) is 12.2 Å². The fraction of sp³-hybridized carbons (Fsp3) is 0.625. The van der Waals surface area contributed by atoms with E-state index in [2.05, 4.69) is 0 Å². The van der Waals surface area contributed by atoms with E-state index in [0.29, 0.717) is 25.9 Å². The smallest absolute Gasteiger partial charge is 0.330 e. The highest BCUT2D eigenvalue weighted by atomic mass is 16.5. The molecule has 0 spiro atoms. The number of hydrogen-bond donors (Lipinski definition) is 2. The molecule has 0 fully saturated rings. The van der Waals surface area contributed by atoms with Gasteiger partial charge in [-0.25, -0.2) is 9.59 Å². The summed E-state index contributed by atoms with van der Waals surface area (Å²) < 4.78 is 10.5. The van der Waals surface area contributed by atoms with Crippen LogP contribution in [0.25, 0.3) is 0 Å². The summed E-state index contributed by atoms with van der Waals surface area (Å²) in [7, 11) is 0. The molecule has 0 aromatic heterocycles. The fourth-order valence-electron chi connectivity index (χ4n) is 1.51. The van der Waals surface area contributed by atoms with Gasteiger partial charge in [-0.2, -0.15) is 0 Å². The van der Waals surface area contributed by atoms with Gasteiger partial charge in [0.2, 0.25) is 0 Å². The minimum Gasteiger partial charge on any atom is -0.478 e. The lowest BCUT2D eigenvalue weighted by atomic mass is 10.2. The quantitative estimate of drug-likeness (QED) is 0.448. The molecule has 22 heavy (non-hydrogen) atoms. The van der Waals surface area contributed by atoms with E-state index < -0.39 is 11.9 Å². The zero-order chi connectivity index (χ0) is 17.0. The van der Waals surface area contributed by atoms with E-state index in [9.17, 15) is 9.59 Å². The standard InChI is InChI=1S/C16H26O6/c1-12(17)10-11-21-13(2)6-5-9-16(20)22-14(3)7-4-8-15(18)19/h4-5,8-9,12-14,17H,6-7,10-11H2,1-3H3,(H,18,19). The van der Waals surface area contributed by atoms with Gasteiger partial charge in [0.15, 0.2) is 0 Å². The third kappa shape index (κ3) is 13.3. The highest BCUT2D eigenvalue weighted by Crippen LogP contribution is 2.03. The van der Waals surface area contributed by atoms with Crippen molar-refractivity contribution < 1.29 is 29.3 Å². The number of aliphatic hydroxyl groups excluding tert-OH is 1. The van der Waals surface area contributed by atoms with Gasteiger partial charge in [0.25, 0.3) is 0 Å².